The number of rotatable bonds is 3. The van der Waals surface area contributed by atoms with Crippen LogP contribution in [0.4, 0.5) is 0 Å². The van der Waals surface area contributed by atoms with Gasteiger partial charge < -0.3 is 4.74 Å². The molecule has 2 unspecified atom stereocenters. The van der Waals surface area contributed by atoms with Crippen molar-refractivity contribution in [3.8, 4) is 5.88 Å². The third-order valence-electron chi connectivity index (χ3n) is 3.41. The second kappa shape index (κ2) is 5.67. The number of ether oxygens (including phenoxy) is 1. The minimum atomic E-state index is -3.83. The van der Waals surface area contributed by atoms with Crippen LogP contribution in [0.1, 0.15) is 33.1 Å². The fourth-order valence-corrected chi connectivity index (χ4v) is 3.68. The van der Waals surface area contributed by atoms with Gasteiger partial charge in [-0.3, -0.25) is 0 Å². The van der Waals surface area contributed by atoms with E-state index < -0.39 is 9.05 Å². The van der Waals surface area contributed by atoms with Crippen molar-refractivity contribution in [3.05, 3.63) is 18.3 Å². The molecule has 0 bridgehead atoms. The molecule has 2 atom stereocenters. The van der Waals surface area contributed by atoms with Crippen molar-refractivity contribution in [2.24, 2.45) is 11.8 Å². The topological polar surface area (TPSA) is 56.3 Å². The number of pyridine rings is 1. The van der Waals surface area contributed by atoms with Crippen LogP contribution in [0.3, 0.4) is 0 Å². The Morgan fingerprint density at radius 3 is 2.47 bits per heavy atom. The molecule has 1 aliphatic rings. The van der Waals surface area contributed by atoms with Crippen molar-refractivity contribution in [3.63, 3.8) is 0 Å². The SMILES string of the molecule is CC1CC(C)CC(Oc2ncccc2S(=O)(=O)Cl)C1. The first kappa shape index (κ1) is 14.6. The molecule has 1 fully saturated rings. The molecule has 0 spiro atoms. The summed E-state index contributed by atoms with van der Waals surface area (Å²) in [5.74, 6) is 1.27. The zero-order valence-corrected chi connectivity index (χ0v) is 12.6. The van der Waals surface area contributed by atoms with Crippen LogP contribution in [0.25, 0.3) is 0 Å². The van der Waals surface area contributed by atoms with E-state index in [0.717, 1.165) is 12.8 Å². The van der Waals surface area contributed by atoms with Crippen LogP contribution in [-0.4, -0.2) is 19.5 Å². The monoisotopic (exact) mass is 303 g/mol. The van der Waals surface area contributed by atoms with E-state index in [0.29, 0.717) is 11.8 Å². The number of hydrogen-bond donors (Lipinski definition) is 0. The Labute approximate surface area is 118 Å². The van der Waals surface area contributed by atoms with Crippen LogP contribution in [0.2, 0.25) is 0 Å². The summed E-state index contributed by atoms with van der Waals surface area (Å²) in [5.41, 5.74) is 0. The van der Waals surface area contributed by atoms with E-state index in [4.69, 9.17) is 15.4 Å². The van der Waals surface area contributed by atoms with Gasteiger partial charge in [-0.1, -0.05) is 13.8 Å². The summed E-state index contributed by atoms with van der Waals surface area (Å²) < 4.78 is 28.7. The van der Waals surface area contributed by atoms with Gasteiger partial charge in [0, 0.05) is 16.9 Å². The first-order valence-corrected chi connectivity index (χ1v) is 8.73. The van der Waals surface area contributed by atoms with Gasteiger partial charge in [0.25, 0.3) is 9.05 Å². The molecule has 0 N–H and O–H groups in total. The standard InChI is InChI=1S/C13H18ClNO3S/c1-9-6-10(2)8-11(7-9)18-13-12(19(14,16)17)4-3-5-15-13/h3-5,9-11H,6-8H2,1-2H3. The van der Waals surface area contributed by atoms with E-state index in [9.17, 15) is 8.42 Å². The molecule has 1 aliphatic carbocycles. The van der Waals surface area contributed by atoms with Gasteiger partial charge in [0.2, 0.25) is 5.88 Å². The van der Waals surface area contributed by atoms with Crippen LogP contribution in [0.15, 0.2) is 23.2 Å². The normalized spacial score (nSPS) is 28.1. The average molecular weight is 304 g/mol. The summed E-state index contributed by atoms with van der Waals surface area (Å²) in [6, 6.07) is 2.95. The third-order valence-corrected chi connectivity index (χ3v) is 4.75. The van der Waals surface area contributed by atoms with Crippen LogP contribution in [0, 0.1) is 11.8 Å². The van der Waals surface area contributed by atoms with Crippen molar-refractivity contribution in [2.45, 2.75) is 44.1 Å². The van der Waals surface area contributed by atoms with E-state index in [1.54, 1.807) is 0 Å². The highest BCUT2D eigenvalue weighted by atomic mass is 35.7. The zero-order chi connectivity index (χ0) is 14.0. The number of hydrogen-bond acceptors (Lipinski definition) is 4. The quantitative estimate of drug-likeness (QED) is 0.805. The number of halogens is 1. The summed E-state index contributed by atoms with van der Waals surface area (Å²) in [6.07, 6.45) is 4.54. The molecular formula is C13H18ClNO3S. The molecular weight excluding hydrogens is 286 g/mol. The lowest BCUT2D eigenvalue weighted by atomic mass is 9.82. The van der Waals surface area contributed by atoms with Crippen molar-refractivity contribution < 1.29 is 13.2 Å². The van der Waals surface area contributed by atoms with Gasteiger partial charge in [-0.2, -0.15) is 0 Å². The van der Waals surface area contributed by atoms with Crippen molar-refractivity contribution in [1.29, 1.82) is 0 Å². The van der Waals surface area contributed by atoms with E-state index in [2.05, 4.69) is 18.8 Å². The van der Waals surface area contributed by atoms with Crippen molar-refractivity contribution in [2.75, 3.05) is 0 Å². The van der Waals surface area contributed by atoms with Crippen molar-refractivity contribution in [1.82, 2.24) is 4.98 Å². The summed E-state index contributed by atoms with van der Waals surface area (Å²) in [6.45, 7) is 4.37. The summed E-state index contributed by atoms with van der Waals surface area (Å²) >= 11 is 0. The van der Waals surface area contributed by atoms with E-state index in [-0.39, 0.29) is 16.9 Å². The molecule has 1 heterocycles. The molecule has 0 aliphatic heterocycles. The first-order valence-electron chi connectivity index (χ1n) is 6.42. The fourth-order valence-electron chi connectivity index (χ4n) is 2.78. The lowest BCUT2D eigenvalue weighted by Crippen LogP contribution is -2.29. The molecule has 4 nitrogen and oxygen atoms in total. The molecule has 0 aromatic carbocycles. The summed E-state index contributed by atoms with van der Waals surface area (Å²) in [4.78, 5) is 3.95. The predicted molar refractivity (Wildman–Crippen MR) is 73.9 cm³/mol. The highest BCUT2D eigenvalue weighted by Gasteiger charge is 2.27. The van der Waals surface area contributed by atoms with Gasteiger partial charge in [-0.15, -0.1) is 0 Å². The molecule has 0 saturated heterocycles. The van der Waals surface area contributed by atoms with Crippen LogP contribution < -0.4 is 4.74 Å². The number of aromatic nitrogens is 1. The van der Waals surface area contributed by atoms with Crippen LogP contribution in [0.5, 0.6) is 5.88 Å². The molecule has 1 aromatic rings. The predicted octanol–water partition coefficient (Wildman–Crippen LogP) is 3.21. The van der Waals surface area contributed by atoms with Gasteiger partial charge in [0.1, 0.15) is 11.0 Å². The summed E-state index contributed by atoms with van der Waals surface area (Å²) in [5, 5.41) is 0. The molecule has 2 rings (SSSR count). The minimum absolute atomic E-state index is 0.00539. The van der Waals surface area contributed by atoms with Gasteiger partial charge >= 0.3 is 0 Å². The van der Waals surface area contributed by atoms with Gasteiger partial charge in [-0.05, 0) is 43.2 Å². The van der Waals surface area contributed by atoms with Crippen LogP contribution in [-0.2, 0) is 9.05 Å². The zero-order valence-electron chi connectivity index (χ0n) is 11.0. The Morgan fingerprint density at radius 1 is 1.26 bits per heavy atom. The minimum Gasteiger partial charge on any atom is -0.473 e. The highest BCUT2D eigenvalue weighted by Crippen LogP contribution is 2.33. The fraction of sp³-hybridized carbons (Fsp3) is 0.615. The van der Waals surface area contributed by atoms with E-state index >= 15 is 0 Å². The van der Waals surface area contributed by atoms with Gasteiger partial charge in [0.05, 0.1) is 0 Å². The lowest BCUT2D eigenvalue weighted by molar-refractivity contribution is 0.0937. The van der Waals surface area contributed by atoms with Gasteiger partial charge in [0.15, 0.2) is 0 Å². The average Bonchev–Trinajstić information content (AvgIpc) is 2.26. The van der Waals surface area contributed by atoms with E-state index in [1.165, 1.54) is 24.8 Å². The maximum atomic E-state index is 11.5. The maximum absolute atomic E-state index is 11.5. The summed E-state index contributed by atoms with van der Waals surface area (Å²) in [7, 11) is 1.56. The molecule has 0 radical (unpaired) electrons. The van der Waals surface area contributed by atoms with Crippen LogP contribution >= 0.6 is 10.7 Å². The Bertz CT molecular complexity index is 537. The molecule has 1 aromatic heterocycles. The second-order valence-corrected chi connectivity index (χ2v) is 7.94. The second-order valence-electron chi connectivity index (χ2n) is 5.40. The smallest absolute Gasteiger partial charge is 0.266 e. The molecule has 106 valence electrons. The highest BCUT2D eigenvalue weighted by molar-refractivity contribution is 8.13. The molecule has 1 saturated carbocycles. The maximum Gasteiger partial charge on any atom is 0.266 e. The lowest BCUT2D eigenvalue weighted by Gasteiger charge is -2.31. The van der Waals surface area contributed by atoms with Crippen molar-refractivity contribution >= 4 is 19.7 Å². The van der Waals surface area contributed by atoms with E-state index in [1.807, 2.05) is 0 Å². The number of nitrogens with zero attached hydrogens (tertiary/aromatic N) is 1. The Kier molecular flexibility index (Phi) is 4.36. The molecule has 0 amide bonds. The molecule has 6 heteroatoms. The Balaban J connectivity index is 2.20. The Hall–Kier alpha value is -0.810. The Morgan fingerprint density at radius 2 is 1.89 bits per heavy atom. The first-order chi connectivity index (χ1) is 8.86. The third kappa shape index (κ3) is 3.83. The largest absolute Gasteiger partial charge is 0.473 e. The van der Waals surface area contributed by atoms with Gasteiger partial charge in [-0.25, -0.2) is 13.4 Å². The molecule has 19 heavy (non-hydrogen) atoms.